The largest absolute Gasteiger partial charge is 0.311 e. The number of hydrogen-bond acceptors (Lipinski definition) is 2. The molecule has 2 aliphatic rings. The van der Waals surface area contributed by atoms with Gasteiger partial charge in [0.15, 0.2) is 0 Å². The molecule has 3 nitrogen and oxygen atoms in total. The van der Waals surface area contributed by atoms with Crippen molar-refractivity contribution in [1.82, 2.24) is 4.98 Å². The second-order valence-electron chi connectivity index (χ2n) is 5.55. The van der Waals surface area contributed by atoms with E-state index in [2.05, 4.69) is 26.2 Å². The zero-order chi connectivity index (χ0) is 12.5. The Bertz CT molecular complexity index is 463. The number of nitrogens with one attached hydrogen (secondary N) is 1. The van der Waals surface area contributed by atoms with E-state index < -0.39 is 0 Å². The Hall–Kier alpha value is -0.900. The normalized spacial score (nSPS) is 29.5. The number of anilines is 1. The molecule has 0 radical (unpaired) electrons. The molecule has 1 heterocycles. The standard InChI is InChI=1S/C14H17BrN2O/c15-12-3-4-16-13(8-12)17-14(18)7-11-6-9-1-2-10(11)5-9/h3-4,8-11H,1-2,5-7H2,(H,16,17,18). The highest BCUT2D eigenvalue weighted by molar-refractivity contribution is 9.10. The number of carbonyl (C=O) groups is 1. The summed E-state index contributed by atoms with van der Waals surface area (Å²) in [5.74, 6) is 3.06. The molecule has 0 aliphatic heterocycles. The van der Waals surface area contributed by atoms with Gasteiger partial charge in [-0.05, 0) is 49.1 Å². The zero-order valence-electron chi connectivity index (χ0n) is 10.2. The first-order valence-electron chi connectivity index (χ1n) is 6.62. The average Bonchev–Trinajstić information content (AvgIpc) is 2.90. The molecule has 3 atom stereocenters. The maximum absolute atomic E-state index is 12.0. The van der Waals surface area contributed by atoms with E-state index in [1.807, 2.05) is 12.1 Å². The van der Waals surface area contributed by atoms with Gasteiger partial charge in [0.25, 0.3) is 0 Å². The second kappa shape index (κ2) is 5.00. The molecular formula is C14H17BrN2O. The van der Waals surface area contributed by atoms with Crippen LogP contribution in [0.2, 0.25) is 0 Å². The summed E-state index contributed by atoms with van der Waals surface area (Å²) in [6, 6.07) is 3.68. The Morgan fingerprint density at radius 1 is 1.44 bits per heavy atom. The monoisotopic (exact) mass is 308 g/mol. The number of amides is 1. The molecule has 3 rings (SSSR count). The fraction of sp³-hybridized carbons (Fsp3) is 0.571. The third-order valence-corrected chi connectivity index (χ3v) is 4.81. The van der Waals surface area contributed by atoms with E-state index in [0.29, 0.717) is 18.2 Å². The van der Waals surface area contributed by atoms with Gasteiger partial charge in [0.2, 0.25) is 5.91 Å². The second-order valence-corrected chi connectivity index (χ2v) is 6.46. The molecule has 3 unspecified atom stereocenters. The first-order valence-corrected chi connectivity index (χ1v) is 7.41. The number of carbonyl (C=O) groups excluding carboxylic acids is 1. The molecule has 0 spiro atoms. The van der Waals surface area contributed by atoms with Gasteiger partial charge in [-0.3, -0.25) is 4.79 Å². The van der Waals surface area contributed by atoms with Gasteiger partial charge in [-0.15, -0.1) is 0 Å². The van der Waals surface area contributed by atoms with Crippen LogP contribution < -0.4 is 5.32 Å². The van der Waals surface area contributed by atoms with Gasteiger partial charge in [0.1, 0.15) is 5.82 Å². The van der Waals surface area contributed by atoms with Crippen LogP contribution >= 0.6 is 15.9 Å². The van der Waals surface area contributed by atoms with Crippen LogP contribution in [-0.4, -0.2) is 10.9 Å². The first kappa shape index (κ1) is 12.2. The number of rotatable bonds is 3. The lowest BCUT2D eigenvalue weighted by Gasteiger charge is -2.20. The summed E-state index contributed by atoms with van der Waals surface area (Å²) in [7, 11) is 0. The maximum atomic E-state index is 12.0. The minimum atomic E-state index is 0.109. The molecule has 1 aromatic heterocycles. The SMILES string of the molecule is O=C(CC1CC2CCC1C2)Nc1cc(Br)ccn1. The van der Waals surface area contributed by atoms with Crippen molar-refractivity contribution in [3.05, 3.63) is 22.8 Å². The molecule has 4 heteroatoms. The summed E-state index contributed by atoms with van der Waals surface area (Å²) in [5, 5.41) is 2.89. The van der Waals surface area contributed by atoms with Crippen LogP contribution in [0, 0.1) is 17.8 Å². The smallest absolute Gasteiger partial charge is 0.225 e. The predicted molar refractivity (Wildman–Crippen MR) is 74.1 cm³/mol. The summed E-state index contributed by atoms with van der Waals surface area (Å²) in [6.07, 6.45) is 7.68. The lowest BCUT2D eigenvalue weighted by Crippen LogP contribution is -2.20. The predicted octanol–water partition coefficient (Wildman–Crippen LogP) is 3.61. The van der Waals surface area contributed by atoms with Gasteiger partial charge >= 0.3 is 0 Å². The van der Waals surface area contributed by atoms with Crippen LogP contribution in [0.4, 0.5) is 5.82 Å². The number of hydrogen-bond donors (Lipinski definition) is 1. The Kier molecular flexibility index (Phi) is 3.37. The van der Waals surface area contributed by atoms with Crippen molar-refractivity contribution in [1.29, 1.82) is 0 Å². The maximum Gasteiger partial charge on any atom is 0.225 e. The van der Waals surface area contributed by atoms with Gasteiger partial charge in [0.05, 0.1) is 0 Å². The highest BCUT2D eigenvalue weighted by atomic mass is 79.9. The molecule has 0 aromatic carbocycles. The van der Waals surface area contributed by atoms with Gasteiger partial charge in [0, 0.05) is 17.1 Å². The third-order valence-electron chi connectivity index (χ3n) is 4.32. The Morgan fingerprint density at radius 2 is 2.33 bits per heavy atom. The number of aromatic nitrogens is 1. The molecule has 2 aliphatic carbocycles. The van der Waals surface area contributed by atoms with Crippen molar-refractivity contribution < 1.29 is 4.79 Å². The summed E-state index contributed by atoms with van der Waals surface area (Å²) < 4.78 is 0.938. The van der Waals surface area contributed by atoms with Crippen molar-refractivity contribution in [3.8, 4) is 0 Å². The van der Waals surface area contributed by atoms with Crippen LogP contribution in [0.15, 0.2) is 22.8 Å². The van der Waals surface area contributed by atoms with Gasteiger partial charge in [-0.2, -0.15) is 0 Å². The highest BCUT2D eigenvalue weighted by Gasteiger charge is 2.40. The van der Waals surface area contributed by atoms with Gasteiger partial charge in [-0.1, -0.05) is 22.4 Å². The number of nitrogens with zero attached hydrogens (tertiary/aromatic N) is 1. The average molecular weight is 309 g/mol. The lowest BCUT2D eigenvalue weighted by atomic mass is 9.86. The van der Waals surface area contributed by atoms with Crippen LogP contribution in [0.3, 0.4) is 0 Å². The van der Waals surface area contributed by atoms with Crippen molar-refractivity contribution in [2.24, 2.45) is 17.8 Å². The van der Waals surface area contributed by atoms with Crippen LogP contribution in [-0.2, 0) is 4.79 Å². The molecule has 96 valence electrons. The number of halogens is 1. The van der Waals surface area contributed by atoms with Gasteiger partial charge < -0.3 is 5.32 Å². The summed E-state index contributed by atoms with van der Waals surface area (Å²) in [6.45, 7) is 0. The molecule has 2 bridgehead atoms. The Morgan fingerprint density at radius 3 is 3.00 bits per heavy atom. The number of pyridine rings is 1. The van der Waals surface area contributed by atoms with E-state index >= 15 is 0 Å². The van der Waals surface area contributed by atoms with E-state index in [-0.39, 0.29) is 5.91 Å². The molecule has 1 aromatic rings. The Labute approximate surface area is 116 Å². The van der Waals surface area contributed by atoms with E-state index in [9.17, 15) is 4.79 Å². The first-order chi connectivity index (χ1) is 8.70. The fourth-order valence-corrected chi connectivity index (χ4v) is 3.87. The van der Waals surface area contributed by atoms with E-state index in [1.54, 1.807) is 6.20 Å². The van der Waals surface area contributed by atoms with Crippen molar-refractivity contribution in [2.45, 2.75) is 32.1 Å². The molecule has 2 fully saturated rings. The van der Waals surface area contributed by atoms with E-state index in [1.165, 1.54) is 25.7 Å². The topological polar surface area (TPSA) is 42.0 Å². The zero-order valence-corrected chi connectivity index (χ0v) is 11.8. The molecule has 1 N–H and O–H groups in total. The molecule has 2 saturated carbocycles. The quantitative estimate of drug-likeness (QED) is 0.927. The number of fused-ring (bicyclic) bond motifs is 2. The van der Waals surface area contributed by atoms with Crippen LogP contribution in [0.5, 0.6) is 0 Å². The highest BCUT2D eigenvalue weighted by Crippen LogP contribution is 2.49. The third kappa shape index (κ3) is 2.58. The summed E-state index contributed by atoms with van der Waals surface area (Å²) >= 11 is 3.38. The van der Waals surface area contributed by atoms with E-state index in [4.69, 9.17) is 0 Å². The van der Waals surface area contributed by atoms with Gasteiger partial charge in [-0.25, -0.2) is 4.98 Å². The van der Waals surface area contributed by atoms with Crippen LogP contribution in [0.25, 0.3) is 0 Å². The van der Waals surface area contributed by atoms with E-state index in [0.717, 1.165) is 16.3 Å². The molecule has 18 heavy (non-hydrogen) atoms. The van der Waals surface area contributed by atoms with Crippen LogP contribution in [0.1, 0.15) is 32.1 Å². The summed E-state index contributed by atoms with van der Waals surface area (Å²) in [4.78, 5) is 16.1. The summed E-state index contributed by atoms with van der Waals surface area (Å²) in [5.41, 5.74) is 0. The molecule has 1 amide bonds. The van der Waals surface area contributed by atoms with Crippen molar-refractivity contribution in [3.63, 3.8) is 0 Å². The molecular weight excluding hydrogens is 292 g/mol. The van der Waals surface area contributed by atoms with Crippen molar-refractivity contribution >= 4 is 27.7 Å². The Balaban J connectivity index is 1.56. The fourth-order valence-electron chi connectivity index (χ4n) is 3.53. The minimum Gasteiger partial charge on any atom is -0.311 e. The van der Waals surface area contributed by atoms with Crippen molar-refractivity contribution in [2.75, 3.05) is 5.32 Å². The molecule has 0 saturated heterocycles. The lowest BCUT2D eigenvalue weighted by molar-refractivity contribution is -0.117. The minimum absolute atomic E-state index is 0.109.